The molecule has 4 nitrogen and oxygen atoms in total. The van der Waals surface area contributed by atoms with E-state index >= 15 is 0 Å². The minimum absolute atomic E-state index is 0.231. The zero-order valence-corrected chi connectivity index (χ0v) is 10.9. The predicted octanol–water partition coefficient (Wildman–Crippen LogP) is 2.00. The molecule has 1 heterocycles. The van der Waals surface area contributed by atoms with E-state index in [1.165, 1.54) is 12.8 Å². The Bertz CT molecular complexity index is 230. The third kappa shape index (κ3) is 4.84. The Morgan fingerprint density at radius 2 is 2.19 bits per heavy atom. The maximum absolute atomic E-state index is 11.6. The van der Waals surface area contributed by atoms with Crippen molar-refractivity contribution in [1.29, 1.82) is 0 Å². The fourth-order valence-corrected chi connectivity index (χ4v) is 1.78. The second kappa shape index (κ2) is 5.53. The smallest absolute Gasteiger partial charge is 0.410 e. The summed E-state index contributed by atoms with van der Waals surface area (Å²) in [4.78, 5) is 13.3. The lowest BCUT2D eigenvalue weighted by atomic mass is 10.1. The highest BCUT2D eigenvalue weighted by molar-refractivity contribution is 5.67. The van der Waals surface area contributed by atoms with Gasteiger partial charge >= 0.3 is 6.09 Å². The van der Waals surface area contributed by atoms with Gasteiger partial charge in [0, 0.05) is 19.6 Å². The van der Waals surface area contributed by atoms with Gasteiger partial charge in [0.2, 0.25) is 0 Å². The lowest BCUT2D eigenvalue weighted by molar-refractivity contribution is 0.0294. The Hall–Kier alpha value is -0.770. The first kappa shape index (κ1) is 13.3. The van der Waals surface area contributed by atoms with Crippen molar-refractivity contribution in [2.24, 2.45) is 0 Å². The van der Waals surface area contributed by atoms with Crippen LogP contribution in [0, 0.1) is 0 Å². The summed E-state index contributed by atoms with van der Waals surface area (Å²) in [5.41, 5.74) is -0.406. The van der Waals surface area contributed by atoms with Gasteiger partial charge in [-0.2, -0.15) is 0 Å². The monoisotopic (exact) mass is 228 g/mol. The van der Waals surface area contributed by atoms with Crippen molar-refractivity contribution in [2.45, 2.75) is 51.7 Å². The Morgan fingerprint density at radius 1 is 1.50 bits per heavy atom. The van der Waals surface area contributed by atoms with Gasteiger partial charge in [-0.1, -0.05) is 0 Å². The molecule has 0 aromatic rings. The highest BCUT2D eigenvalue weighted by Crippen LogP contribution is 2.12. The molecule has 0 unspecified atom stereocenters. The zero-order valence-electron chi connectivity index (χ0n) is 10.9. The van der Waals surface area contributed by atoms with Crippen molar-refractivity contribution in [1.82, 2.24) is 10.2 Å². The molecule has 0 spiro atoms. The SMILES string of the molecule is CN(CC[C@@H]1CCCN1)C(=O)OC(C)(C)C. The van der Waals surface area contributed by atoms with Gasteiger partial charge in [0.15, 0.2) is 0 Å². The normalized spacial score (nSPS) is 20.9. The number of rotatable bonds is 3. The van der Waals surface area contributed by atoms with Crippen LogP contribution in [0.5, 0.6) is 0 Å². The molecule has 1 saturated heterocycles. The van der Waals surface area contributed by atoms with E-state index in [9.17, 15) is 4.79 Å². The number of hydrogen-bond acceptors (Lipinski definition) is 3. The average molecular weight is 228 g/mol. The van der Waals surface area contributed by atoms with Crippen molar-refractivity contribution < 1.29 is 9.53 Å². The molecule has 16 heavy (non-hydrogen) atoms. The predicted molar refractivity (Wildman–Crippen MR) is 64.5 cm³/mol. The van der Waals surface area contributed by atoms with Crippen molar-refractivity contribution in [3.05, 3.63) is 0 Å². The number of amides is 1. The van der Waals surface area contributed by atoms with Crippen LogP contribution >= 0.6 is 0 Å². The first-order valence-corrected chi connectivity index (χ1v) is 6.06. The second-order valence-corrected chi connectivity index (χ2v) is 5.48. The Labute approximate surface area is 98.3 Å². The molecular weight excluding hydrogens is 204 g/mol. The van der Waals surface area contributed by atoms with E-state index in [1.807, 2.05) is 20.8 Å². The number of nitrogens with zero attached hydrogens (tertiary/aromatic N) is 1. The summed E-state index contributed by atoms with van der Waals surface area (Å²) >= 11 is 0. The van der Waals surface area contributed by atoms with Crippen molar-refractivity contribution in [3.63, 3.8) is 0 Å². The highest BCUT2D eigenvalue weighted by Gasteiger charge is 2.21. The van der Waals surface area contributed by atoms with Crippen molar-refractivity contribution in [3.8, 4) is 0 Å². The number of carbonyl (C=O) groups is 1. The van der Waals surface area contributed by atoms with Gasteiger partial charge in [0.05, 0.1) is 0 Å². The molecule has 4 heteroatoms. The van der Waals surface area contributed by atoms with Crippen LogP contribution < -0.4 is 5.32 Å². The van der Waals surface area contributed by atoms with Gasteiger partial charge in [-0.25, -0.2) is 4.79 Å². The van der Waals surface area contributed by atoms with Crippen LogP contribution in [0.3, 0.4) is 0 Å². The van der Waals surface area contributed by atoms with Crippen LogP contribution in [0.15, 0.2) is 0 Å². The van der Waals surface area contributed by atoms with Crippen molar-refractivity contribution >= 4 is 6.09 Å². The largest absolute Gasteiger partial charge is 0.444 e. The first-order valence-electron chi connectivity index (χ1n) is 6.06. The van der Waals surface area contributed by atoms with Crippen LogP contribution in [-0.4, -0.2) is 42.8 Å². The quantitative estimate of drug-likeness (QED) is 0.803. The average Bonchev–Trinajstić information content (AvgIpc) is 2.63. The lowest BCUT2D eigenvalue weighted by Gasteiger charge is -2.25. The third-order valence-corrected chi connectivity index (χ3v) is 2.68. The van der Waals surface area contributed by atoms with E-state index in [-0.39, 0.29) is 6.09 Å². The zero-order chi connectivity index (χ0) is 12.2. The topological polar surface area (TPSA) is 41.6 Å². The molecule has 1 atom stereocenters. The molecule has 1 aliphatic rings. The summed E-state index contributed by atoms with van der Waals surface area (Å²) in [5.74, 6) is 0. The molecule has 1 amide bonds. The van der Waals surface area contributed by atoms with E-state index in [1.54, 1.807) is 11.9 Å². The minimum atomic E-state index is -0.406. The third-order valence-electron chi connectivity index (χ3n) is 2.68. The minimum Gasteiger partial charge on any atom is -0.444 e. The van der Waals surface area contributed by atoms with E-state index in [4.69, 9.17) is 4.74 Å². The van der Waals surface area contributed by atoms with Crippen molar-refractivity contribution in [2.75, 3.05) is 20.1 Å². The standard InChI is InChI=1S/C12H24N2O2/c1-12(2,3)16-11(15)14(4)9-7-10-6-5-8-13-10/h10,13H,5-9H2,1-4H3/t10-/m0/s1. The number of hydrogen-bond donors (Lipinski definition) is 1. The molecule has 94 valence electrons. The maximum Gasteiger partial charge on any atom is 0.410 e. The second-order valence-electron chi connectivity index (χ2n) is 5.48. The molecule has 0 aromatic carbocycles. The van der Waals surface area contributed by atoms with Gasteiger partial charge in [-0.05, 0) is 46.6 Å². The van der Waals surface area contributed by atoms with Gasteiger partial charge < -0.3 is 15.0 Å². The first-order chi connectivity index (χ1) is 7.38. The Morgan fingerprint density at radius 3 is 2.69 bits per heavy atom. The van der Waals surface area contributed by atoms with E-state index in [2.05, 4.69) is 5.32 Å². The van der Waals surface area contributed by atoms with Crippen LogP contribution in [0.4, 0.5) is 4.79 Å². The van der Waals surface area contributed by atoms with Crippen LogP contribution in [0.25, 0.3) is 0 Å². The van der Waals surface area contributed by atoms with E-state index in [0.717, 1.165) is 19.5 Å². The summed E-state index contributed by atoms with van der Waals surface area (Å²) < 4.78 is 5.28. The number of nitrogens with one attached hydrogen (secondary N) is 1. The summed E-state index contributed by atoms with van der Waals surface area (Å²) in [7, 11) is 1.79. The molecule has 1 N–H and O–H groups in total. The van der Waals surface area contributed by atoms with Gasteiger partial charge in [-0.15, -0.1) is 0 Å². The fraction of sp³-hybridized carbons (Fsp3) is 0.917. The molecule has 1 aliphatic heterocycles. The molecule has 1 fully saturated rings. The number of carbonyl (C=O) groups excluding carboxylic acids is 1. The molecular formula is C12H24N2O2. The summed E-state index contributed by atoms with van der Waals surface area (Å²) in [6.45, 7) is 7.53. The highest BCUT2D eigenvalue weighted by atomic mass is 16.6. The molecule has 0 aliphatic carbocycles. The molecule has 0 radical (unpaired) electrons. The van der Waals surface area contributed by atoms with Gasteiger partial charge in [-0.3, -0.25) is 0 Å². The lowest BCUT2D eigenvalue weighted by Crippen LogP contribution is -2.36. The van der Waals surface area contributed by atoms with Crippen LogP contribution in [-0.2, 0) is 4.74 Å². The fourth-order valence-electron chi connectivity index (χ4n) is 1.78. The molecule has 1 rings (SSSR count). The van der Waals surface area contributed by atoms with Crippen LogP contribution in [0.1, 0.15) is 40.0 Å². The van der Waals surface area contributed by atoms with E-state index in [0.29, 0.717) is 6.04 Å². The summed E-state index contributed by atoms with van der Waals surface area (Å²) in [6, 6.07) is 0.574. The van der Waals surface area contributed by atoms with E-state index < -0.39 is 5.60 Å². The Balaban J connectivity index is 2.23. The molecule has 0 bridgehead atoms. The van der Waals surface area contributed by atoms with Gasteiger partial charge in [0.1, 0.15) is 5.60 Å². The number of ether oxygens (including phenoxy) is 1. The van der Waals surface area contributed by atoms with Gasteiger partial charge in [0.25, 0.3) is 0 Å². The summed E-state index contributed by atoms with van der Waals surface area (Å²) in [6.07, 6.45) is 3.25. The molecule has 0 saturated carbocycles. The van der Waals surface area contributed by atoms with Crippen LogP contribution in [0.2, 0.25) is 0 Å². The molecule has 0 aromatic heterocycles. The Kier molecular flexibility index (Phi) is 4.59. The summed E-state index contributed by atoms with van der Waals surface area (Å²) in [5, 5.41) is 3.42. The maximum atomic E-state index is 11.6.